The Morgan fingerprint density at radius 3 is 2.13 bits per heavy atom. The van der Waals surface area contributed by atoms with E-state index in [1.807, 2.05) is 20.8 Å². The minimum Gasteiger partial charge on any atom is -0.462 e. The number of carbonyl (C=O) groups is 5. The molecule has 0 aliphatic heterocycles. The van der Waals surface area contributed by atoms with Crippen LogP contribution in [0.25, 0.3) is 0 Å². The molecule has 3 amide bonds. The number of carbonyl (C=O) groups excluding carboxylic acids is 5. The molecule has 1 unspecified atom stereocenters. The van der Waals surface area contributed by atoms with Gasteiger partial charge in [-0.25, -0.2) is 0 Å². The second-order valence-electron chi connectivity index (χ2n) is 8.23. The molecule has 10 heteroatoms. The van der Waals surface area contributed by atoms with Crippen LogP contribution in [-0.4, -0.2) is 55.6 Å². The maximum absolute atomic E-state index is 12.3. The Kier molecular flexibility index (Phi) is 13.1. The zero-order valence-electron chi connectivity index (χ0n) is 19.5. The molecular formula is C21H37N3O7. The van der Waals surface area contributed by atoms with Gasteiger partial charge in [-0.2, -0.15) is 0 Å². The molecule has 0 heterocycles. The first-order valence-electron chi connectivity index (χ1n) is 10.5. The Balaban J connectivity index is 4.23. The van der Waals surface area contributed by atoms with Gasteiger partial charge in [0, 0.05) is 18.9 Å². The van der Waals surface area contributed by atoms with Crippen LogP contribution in [0.5, 0.6) is 0 Å². The van der Waals surface area contributed by atoms with Gasteiger partial charge in [0.05, 0.1) is 12.1 Å². The zero-order chi connectivity index (χ0) is 24.0. The lowest BCUT2D eigenvalue weighted by Gasteiger charge is -2.25. The third-order valence-electron chi connectivity index (χ3n) is 4.47. The number of hydrogen-bond acceptors (Lipinski definition) is 7. The molecule has 10 nitrogen and oxygen atoms in total. The molecule has 0 aromatic heterocycles. The normalized spacial score (nSPS) is 12.0. The molecule has 0 spiro atoms. The smallest absolute Gasteiger partial charge is 0.315 e. The van der Waals surface area contributed by atoms with Crippen molar-refractivity contribution in [2.24, 2.45) is 11.3 Å². The van der Waals surface area contributed by atoms with Crippen molar-refractivity contribution in [1.29, 1.82) is 0 Å². The molecular weight excluding hydrogens is 406 g/mol. The van der Waals surface area contributed by atoms with Crippen molar-refractivity contribution < 1.29 is 33.4 Å². The molecule has 0 saturated heterocycles. The monoisotopic (exact) mass is 443 g/mol. The largest absolute Gasteiger partial charge is 0.462 e. The van der Waals surface area contributed by atoms with Crippen molar-refractivity contribution in [3.63, 3.8) is 0 Å². The summed E-state index contributed by atoms with van der Waals surface area (Å²) in [5.41, 5.74) is -0.793. The van der Waals surface area contributed by atoms with E-state index >= 15 is 0 Å². The predicted molar refractivity (Wildman–Crippen MR) is 113 cm³/mol. The van der Waals surface area contributed by atoms with E-state index in [1.165, 1.54) is 6.92 Å². The van der Waals surface area contributed by atoms with Gasteiger partial charge in [0.2, 0.25) is 17.7 Å². The van der Waals surface area contributed by atoms with Crippen LogP contribution >= 0.6 is 0 Å². The molecule has 0 aromatic rings. The van der Waals surface area contributed by atoms with Crippen molar-refractivity contribution in [2.75, 3.05) is 19.9 Å². The van der Waals surface area contributed by atoms with E-state index in [1.54, 1.807) is 13.8 Å². The Morgan fingerprint density at radius 2 is 1.58 bits per heavy atom. The molecule has 0 radical (unpaired) electrons. The van der Waals surface area contributed by atoms with Crippen LogP contribution in [0, 0.1) is 11.3 Å². The molecule has 31 heavy (non-hydrogen) atoms. The highest BCUT2D eigenvalue weighted by Crippen LogP contribution is 2.27. The number of hydrogen-bond donors (Lipinski definition) is 3. The van der Waals surface area contributed by atoms with Gasteiger partial charge in [-0.05, 0) is 47.0 Å². The van der Waals surface area contributed by atoms with E-state index in [0.717, 1.165) is 0 Å². The number of amides is 3. The summed E-state index contributed by atoms with van der Waals surface area (Å²) >= 11 is 0. The Labute approximate surface area is 184 Å². The van der Waals surface area contributed by atoms with Crippen LogP contribution in [0.2, 0.25) is 0 Å². The average Bonchev–Trinajstić information content (AvgIpc) is 2.64. The van der Waals surface area contributed by atoms with Gasteiger partial charge in [-0.1, -0.05) is 6.92 Å². The van der Waals surface area contributed by atoms with Gasteiger partial charge in [-0.3, -0.25) is 24.0 Å². The number of rotatable bonds is 14. The first-order valence-corrected chi connectivity index (χ1v) is 10.5. The van der Waals surface area contributed by atoms with E-state index in [2.05, 4.69) is 16.0 Å². The minimum atomic E-state index is -0.793. The fourth-order valence-electron chi connectivity index (χ4n) is 2.56. The molecule has 0 aromatic carbocycles. The van der Waals surface area contributed by atoms with Crippen LogP contribution in [-0.2, 0) is 33.4 Å². The Hall–Kier alpha value is -2.65. The Morgan fingerprint density at radius 1 is 0.968 bits per heavy atom. The van der Waals surface area contributed by atoms with Gasteiger partial charge in [0.25, 0.3) is 0 Å². The summed E-state index contributed by atoms with van der Waals surface area (Å²) in [6.45, 7) is 10.1. The maximum Gasteiger partial charge on any atom is 0.315 e. The molecule has 3 N–H and O–H groups in total. The summed E-state index contributed by atoms with van der Waals surface area (Å²) in [4.78, 5) is 58.3. The fraction of sp³-hybridized carbons (Fsp3) is 0.762. The van der Waals surface area contributed by atoms with E-state index in [0.29, 0.717) is 19.3 Å². The summed E-state index contributed by atoms with van der Waals surface area (Å²) in [5, 5.41) is 7.59. The molecule has 0 fully saturated rings. The second-order valence-corrected chi connectivity index (χ2v) is 8.23. The first kappa shape index (κ1) is 28.4. The molecule has 0 aliphatic carbocycles. The quantitative estimate of drug-likeness (QED) is 0.158. The summed E-state index contributed by atoms with van der Waals surface area (Å²) < 4.78 is 10.0. The standard InChI is InChI=1S/C21H37N3O7/c1-7-16(19(28)24-14(2)3)8-9-21(5,6)20(29)31-11-10-30-18(27)12-17(26)23-13-22-15(4)25/h14,16H,7-13H2,1-6H3,(H,22,25)(H,23,26)(H,24,28). The van der Waals surface area contributed by atoms with Crippen LogP contribution in [0.3, 0.4) is 0 Å². The number of esters is 2. The van der Waals surface area contributed by atoms with E-state index < -0.39 is 29.7 Å². The lowest BCUT2D eigenvalue weighted by atomic mass is 9.83. The number of nitrogens with one attached hydrogen (secondary N) is 3. The van der Waals surface area contributed by atoms with Crippen LogP contribution in [0.15, 0.2) is 0 Å². The molecule has 0 saturated carbocycles. The predicted octanol–water partition coefficient (Wildman–Crippen LogP) is 1.03. The third kappa shape index (κ3) is 13.3. The highest BCUT2D eigenvalue weighted by atomic mass is 16.6. The van der Waals surface area contributed by atoms with Gasteiger partial charge >= 0.3 is 11.9 Å². The van der Waals surface area contributed by atoms with Crippen molar-refractivity contribution >= 4 is 29.7 Å². The summed E-state index contributed by atoms with van der Waals surface area (Å²) in [7, 11) is 0. The van der Waals surface area contributed by atoms with Crippen molar-refractivity contribution in [1.82, 2.24) is 16.0 Å². The van der Waals surface area contributed by atoms with Gasteiger partial charge < -0.3 is 25.4 Å². The van der Waals surface area contributed by atoms with E-state index in [-0.39, 0.29) is 43.7 Å². The second kappa shape index (κ2) is 14.4. The van der Waals surface area contributed by atoms with Crippen LogP contribution in [0.1, 0.15) is 67.2 Å². The molecule has 178 valence electrons. The van der Waals surface area contributed by atoms with Gasteiger partial charge in [0.15, 0.2) is 0 Å². The van der Waals surface area contributed by atoms with Crippen LogP contribution < -0.4 is 16.0 Å². The maximum atomic E-state index is 12.3. The summed E-state index contributed by atoms with van der Waals surface area (Å²) in [6.07, 6.45) is 1.21. The fourth-order valence-corrected chi connectivity index (χ4v) is 2.56. The lowest BCUT2D eigenvalue weighted by molar-refractivity contribution is -0.160. The Bertz CT molecular complexity index is 632. The van der Waals surface area contributed by atoms with E-state index in [4.69, 9.17) is 9.47 Å². The minimum absolute atomic E-state index is 0.0188. The summed E-state index contributed by atoms with van der Waals surface area (Å²) in [6, 6.07) is 0.0607. The van der Waals surface area contributed by atoms with Gasteiger partial charge in [-0.15, -0.1) is 0 Å². The lowest BCUT2D eigenvalue weighted by Crippen LogP contribution is -2.37. The average molecular weight is 444 g/mol. The van der Waals surface area contributed by atoms with Crippen LogP contribution in [0.4, 0.5) is 0 Å². The van der Waals surface area contributed by atoms with Crippen molar-refractivity contribution in [3.05, 3.63) is 0 Å². The third-order valence-corrected chi connectivity index (χ3v) is 4.47. The number of ether oxygens (including phenoxy) is 2. The van der Waals surface area contributed by atoms with Gasteiger partial charge in [0.1, 0.15) is 19.6 Å². The highest BCUT2D eigenvalue weighted by Gasteiger charge is 2.31. The zero-order valence-corrected chi connectivity index (χ0v) is 19.5. The molecule has 0 bridgehead atoms. The van der Waals surface area contributed by atoms with E-state index in [9.17, 15) is 24.0 Å². The summed E-state index contributed by atoms with van der Waals surface area (Å²) in [5.74, 6) is -2.31. The molecule has 1 atom stereocenters. The SMILES string of the molecule is CCC(CCC(C)(C)C(=O)OCCOC(=O)CC(=O)NCNC(C)=O)C(=O)NC(C)C. The highest BCUT2D eigenvalue weighted by molar-refractivity contribution is 5.94. The topological polar surface area (TPSA) is 140 Å². The first-order chi connectivity index (χ1) is 14.4. The van der Waals surface area contributed by atoms with Crippen molar-refractivity contribution in [3.8, 4) is 0 Å². The molecule has 0 rings (SSSR count). The molecule has 0 aliphatic rings. The van der Waals surface area contributed by atoms with Crippen molar-refractivity contribution in [2.45, 2.75) is 73.3 Å².